The van der Waals surface area contributed by atoms with E-state index in [4.69, 9.17) is 5.11 Å². The highest BCUT2D eigenvalue weighted by atomic mass is 19.1. The number of aromatic amines is 1. The van der Waals surface area contributed by atoms with Crippen LogP contribution >= 0.6 is 0 Å². The Morgan fingerprint density at radius 2 is 1.87 bits per heavy atom. The Balaban J connectivity index is 2.22. The van der Waals surface area contributed by atoms with Crippen LogP contribution in [0.1, 0.15) is 17.5 Å². The van der Waals surface area contributed by atoms with Gasteiger partial charge in [-0.05, 0) is 66.4 Å². The van der Waals surface area contributed by atoms with Gasteiger partial charge < -0.3 is 10.1 Å². The van der Waals surface area contributed by atoms with E-state index >= 15 is 0 Å². The first kappa shape index (κ1) is 15.2. The van der Waals surface area contributed by atoms with Crippen molar-refractivity contribution in [1.29, 1.82) is 0 Å². The quantitative estimate of drug-likeness (QED) is 0.748. The highest BCUT2D eigenvalue weighted by Gasteiger charge is 2.17. The average molecular weight is 315 g/mol. The first-order valence-corrected chi connectivity index (χ1v) is 7.24. The zero-order chi connectivity index (χ0) is 16.6. The minimum atomic E-state index is -0.919. The molecule has 0 atom stereocenters. The summed E-state index contributed by atoms with van der Waals surface area (Å²) in [4.78, 5) is 14.0. The van der Waals surface area contributed by atoms with Gasteiger partial charge in [-0.2, -0.15) is 0 Å². The van der Waals surface area contributed by atoms with Crippen LogP contribution in [0.15, 0.2) is 36.4 Å². The summed E-state index contributed by atoms with van der Waals surface area (Å²) in [6, 6.07) is 9.09. The number of aromatic nitrogens is 1. The highest BCUT2D eigenvalue weighted by Crippen LogP contribution is 2.33. The smallest absolute Gasteiger partial charge is 0.303 e. The number of fused-ring (bicyclic) bond motifs is 1. The van der Waals surface area contributed by atoms with Crippen molar-refractivity contribution >= 4 is 16.9 Å². The van der Waals surface area contributed by atoms with Gasteiger partial charge in [-0.3, -0.25) is 4.79 Å². The summed E-state index contributed by atoms with van der Waals surface area (Å²) in [7, 11) is 0. The molecule has 118 valence electrons. The number of carboxylic acid groups (broad SMARTS) is 1. The Kier molecular flexibility index (Phi) is 3.86. The van der Waals surface area contributed by atoms with Gasteiger partial charge in [0, 0.05) is 17.5 Å². The van der Waals surface area contributed by atoms with Gasteiger partial charge in [0.2, 0.25) is 0 Å². The number of hydrogen-bond donors (Lipinski definition) is 2. The van der Waals surface area contributed by atoms with E-state index in [2.05, 4.69) is 4.98 Å². The van der Waals surface area contributed by atoms with Crippen LogP contribution in [0.5, 0.6) is 0 Å². The number of aliphatic carboxylic acids is 1. The molecule has 0 saturated heterocycles. The molecule has 0 spiro atoms. The van der Waals surface area contributed by atoms with E-state index in [0.29, 0.717) is 22.2 Å². The first-order chi connectivity index (χ1) is 11.0. The zero-order valence-corrected chi connectivity index (χ0v) is 12.5. The number of rotatable bonds is 4. The molecule has 2 N–H and O–H groups in total. The van der Waals surface area contributed by atoms with Gasteiger partial charge in [0.1, 0.15) is 11.6 Å². The molecule has 2 aromatic carbocycles. The molecular formula is C18H15F2NO2. The normalized spacial score (nSPS) is 11.1. The molecule has 0 bridgehead atoms. The number of carboxylic acids is 1. The van der Waals surface area contributed by atoms with Crippen molar-refractivity contribution in [2.24, 2.45) is 0 Å². The summed E-state index contributed by atoms with van der Waals surface area (Å²) in [5.41, 5.74) is 3.16. The summed E-state index contributed by atoms with van der Waals surface area (Å²) in [5.74, 6) is -1.67. The fraction of sp³-hybridized carbons (Fsp3) is 0.167. The Bertz CT molecular complexity index is 882. The van der Waals surface area contributed by atoms with Crippen LogP contribution < -0.4 is 0 Å². The molecule has 0 aliphatic rings. The van der Waals surface area contributed by atoms with E-state index < -0.39 is 5.97 Å². The fourth-order valence-corrected chi connectivity index (χ4v) is 2.80. The maximum absolute atomic E-state index is 14.2. The maximum atomic E-state index is 14.2. The molecule has 0 radical (unpaired) electrons. The van der Waals surface area contributed by atoms with Crippen molar-refractivity contribution in [3.05, 3.63) is 59.2 Å². The van der Waals surface area contributed by atoms with Crippen LogP contribution in [0.2, 0.25) is 0 Å². The van der Waals surface area contributed by atoms with Crippen LogP contribution in [0.3, 0.4) is 0 Å². The third kappa shape index (κ3) is 2.95. The molecule has 1 aromatic heterocycles. The molecule has 5 heteroatoms. The number of hydrogen-bond acceptors (Lipinski definition) is 1. The Labute approximate surface area is 131 Å². The van der Waals surface area contributed by atoms with E-state index in [1.807, 2.05) is 6.07 Å². The topological polar surface area (TPSA) is 53.1 Å². The highest BCUT2D eigenvalue weighted by molar-refractivity contribution is 5.92. The number of H-pyrrole nitrogens is 1. The Morgan fingerprint density at radius 1 is 1.17 bits per heavy atom. The monoisotopic (exact) mass is 315 g/mol. The lowest BCUT2D eigenvalue weighted by atomic mass is 10.00. The van der Waals surface area contributed by atoms with E-state index in [-0.39, 0.29) is 24.5 Å². The minimum Gasteiger partial charge on any atom is -0.481 e. The number of aryl methyl sites for hydroxylation is 2. The van der Waals surface area contributed by atoms with Gasteiger partial charge in [0.15, 0.2) is 0 Å². The third-order valence-corrected chi connectivity index (χ3v) is 3.83. The number of halogens is 2. The van der Waals surface area contributed by atoms with Gasteiger partial charge in [0.05, 0.1) is 5.52 Å². The fourth-order valence-electron chi connectivity index (χ4n) is 2.80. The van der Waals surface area contributed by atoms with Gasteiger partial charge in [-0.1, -0.05) is 0 Å². The van der Waals surface area contributed by atoms with Crippen molar-refractivity contribution in [1.82, 2.24) is 4.98 Å². The van der Waals surface area contributed by atoms with Gasteiger partial charge >= 0.3 is 5.97 Å². The maximum Gasteiger partial charge on any atom is 0.303 e. The molecule has 0 aliphatic heterocycles. The van der Waals surface area contributed by atoms with Crippen molar-refractivity contribution in [2.75, 3.05) is 0 Å². The SMILES string of the molecule is Cc1cc(F)c2[nH]c(-c3ccc(F)cc3)c(CCC(=O)O)c2c1. The van der Waals surface area contributed by atoms with E-state index in [0.717, 1.165) is 11.1 Å². The molecule has 23 heavy (non-hydrogen) atoms. The van der Waals surface area contributed by atoms with Crippen molar-refractivity contribution in [2.45, 2.75) is 19.8 Å². The summed E-state index contributed by atoms with van der Waals surface area (Å²) >= 11 is 0. The van der Waals surface area contributed by atoms with Gasteiger partial charge in [-0.15, -0.1) is 0 Å². The Morgan fingerprint density at radius 3 is 2.52 bits per heavy atom. The number of benzene rings is 2. The summed E-state index contributed by atoms with van der Waals surface area (Å²) in [5, 5.41) is 9.63. The number of nitrogens with one attached hydrogen (secondary N) is 1. The predicted molar refractivity (Wildman–Crippen MR) is 84.3 cm³/mol. The largest absolute Gasteiger partial charge is 0.481 e. The molecule has 1 heterocycles. The Hall–Kier alpha value is -2.69. The van der Waals surface area contributed by atoms with E-state index in [9.17, 15) is 13.6 Å². The van der Waals surface area contributed by atoms with E-state index in [1.54, 1.807) is 19.1 Å². The third-order valence-electron chi connectivity index (χ3n) is 3.83. The van der Waals surface area contributed by atoms with Gasteiger partial charge in [-0.25, -0.2) is 8.78 Å². The standard InChI is InChI=1S/C18H15F2NO2/c1-10-8-14-13(6-7-16(22)23)17(21-18(14)15(20)9-10)11-2-4-12(19)5-3-11/h2-5,8-9,21H,6-7H2,1H3,(H,22,23). The van der Waals surface area contributed by atoms with E-state index in [1.165, 1.54) is 18.2 Å². The predicted octanol–water partition coefficient (Wildman–Crippen LogP) is 4.44. The molecule has 0 amide bonds. The lowest BCUT2D eigenvalue weighted by molar-refractivity contribution is -0.136. The average Bonchev–Trinajstić information content (AvgIpc) is 2.84. The molecular weight excluding hydrogens is 300 g/mol. The van der Waals surface area contributed by atoms with Crippen LogP contribution in [-0.4, -0.2) is 16.1 Å². The van der Waals surface area contributed by atoms with Crippen molar-refractivity contribution in [3.8, 4) is 11.3 Å². The second-order valence-corrected chi connectivity index (χ2v) is 5.55. The lowest BCUT2D eigenvalue weighted by Crippen LogP contribution is -1.98. The molecule has 0 unspecified atom stereocenters. The number of carbonyl (C=O) groups is 1. The summed E-state index contributed by atoms with van der Waals surface area (Å²) in [6.45, 7) is 1.79. The summed E-state index contributed by atoms with van der Waals surface area (Å²) in [6.07, 6.45) is 0.210. The van der Waals surface area contributed by atoms with Gasteiger partial charge in [0.25, 0.3) is 0 Å². The lowest BCUT2D eigenvalue weighted by Gasteiger charge is -2.04. The molecule has 0 saturated carbocycles. The molecule has 0 aliphatic carbocycles. The van der Waals surface area contributed by atoms with Crippen LogP contribution in [-0.2, 0) is 11.2 Å². The van der Waals surface area contributed by atoms with Crippen molar-refractivity contribution in [3.63, 3.8) is 0 Å². The minimum absolute atomic E-state index is 0.0588. The zero-order valence-electron chi connectivity index (χ0n) is 12.5. The first-order valence-electron chi connectivity index (χ1n) is 7.24. The van der Waals surface area contributed by atoms with Crippen LogP contribution in [0.4, 0.5) is 8.78 Å². The molecule has 3 rings (SSSR count). The second-order valence-electron chi connectivity index (χ2n) is 5.55. The van der Waals surface area contributed by atoms with Crippen molar-refractivity contribution < 1.29 is 18.7 Å². The molecule has 3 nitrogen and oxygen atoms in total. The molecule has 3 aromatic rings. The second kappa shape index (κ2) is 5.83. The summed E-state index contributed by atoms with van der Waals surface area (Å²) < 4.78 is 27.3. The molecule has 0 fully saturated rings. The van der Waals surface area contributed by atoms with Crippen LogP contribution in [0.25, 0.3) is 22.2 Å². The van der Waals surface area contributed by atoms with Crippen LogP contribution in [0, 0.1) is 18.6 Å².